The molecule has 1 saturated heterocycles. The van der Waals surface area contributed by atoms with Gasteiger partial charge in [0.25, 0.3) is 0 Å². The SMILES string of the molecule is COc1ccccc1[C@@H]1CN(C(=O)OC(C)(C)C)CCN1C(=O)C[C@@H]1C=CCC1. The van der Waals surface area contributed by atoms with Crippen LogP contribution in [0.4, 0.5) is 4.79 Å². The van der Waals surface area contributed by atoms with Gasteiger partial charge in [-0.3, -0.25) is 4.79 Å². The van der Waals surface area contributed by atoms with Crippen LogP contribution in [0.5, 0.6) is 5.75 Å². The molecule has 1 aromatic carbocycles. The first-order valence-electron chi connectivity index (χ1n) is 10.4. The third kappa shape index (κ3) is 5.31. The van der Waals surface area contributed by atoms with Crippen LogP contribution in [0.15, 0.2) is 36.4 Å². The van der Waals surface area contributed by atoms with Gasteiger partial charge in [0.05, 0.1) is 13.2 Å². The van der Waals surface area contributed by atoms with Crippen LogP contribution in [0.2, 0.25) is 0 Å². The Balaban J connectivity index is 1.83. The van der Waals surface area contributed by atoms with E-state index in [1.54, 1.807) is 12.0 Å². The first-order valence-corrected chi connectivity index (χ1v) is 10.4. The summed E-state index contributed by atoms with van der Waals surface area (Å²) in [5.41, 5.74) is 0.359. The van der Waals surface area contributed by atoms with E-state index >= 15 is 0 Å². The number of hydrogen-bond donors (Lipinski definition) is 0. The third-order valence-electron chi connectivity index (χ3n) is 5.40. The van der Waals surface area contributed by atoms with Gasteiger partial charge in [0.15, 0.2) is 0 Å². The Hall–Kier alpha value is -2.50. The highest BCUT2D eigenvalue weighted by atomic mass is 16.6. The Kier molecular flexibility index (Phi) is 6.50. The number of amides is 2. The molecule has 158 valence electrons. The van der Waals surface area contributed by atoms with E-state index in [0.717, 1.165) is 24.2 Å². The van der Waals surface area contributed by atoms with Crippen molar-refractivity contribution < 1.29 is 19.1 Å². The van der Waals surface area contributed by atoms with Gasteiger partial charge in [-0.25, -0.2) is 4.79 Å². The van der Waals surface area contributed by atoms with E-state index in [1.165, 1.54) is 0 Å². The van der Waals surface area contributed by atoms with Crippen molar-refractivity contribution in [2.75, 3.05) is 26.7 Å². The molecular formula is C23H32N2O4. The Labute approximate surface area is 173 Å². The minimum Gasteiger partial charge on any atom is -0.496 e. The van der Waals surface area contributed by atoms with E-state index in [9.17, 15) is 9.59 Å². The number of ether oxygens (including phenoxy) is 2. The standard InChI is InChI=1S/C23H32N2O4/c1-23(2,3)29-22(27)24-13-14-25(21(26)15-17-9-5-6-10-17)19(16-24)18-11-7-8-12-20(18)28-4/h5,7-9,11-12,17,19H,6,10,13-16H2,1-4H3/t17-,19+/m1/s1. The lowest BCUT2D eigenvalue weighted by Crippen LogP contribution is -2.53. The minimum atomic E-state index is -0.557. The van der Waals surface area contributed by atoms with Gasteiger partial charge in [0.2, 0.25) is 5.91 Å². The van der Waals surface area contributed by atoms with E-state index in [0.29, 0.717) is 32.0 Å². The average Bonchev–Trinajstić information content (AvgIpc) is 3.19. The summed E-state index contributed by atoms with van der Waals surface area (Å²) in [6.07, 6.45) is 6.53. The van der Waals surface area contributed by atoms with Crippen LogP contribution in [-0.4, -0.2) is 54.1 Å². The lowest BCUT2D eigenvalue weighted by molar-refractivity contribution is -0.137. The second kappa shape index (κ2) is 8.89. The van der Waals surface area contributed by atoms with Gasteiger partial charge in [-0.05, 0) is 45.6 Å². The van der Waals surface area contributed by atoms with E-state index in [1.807, 2.05) is 49.9 Å². The molecule has 0 unspecified atom stereocenters. The van der Waals surface area contributed by atoms with Gasteiger partial charge < -0.3 is 19.3 Å². The fraction of sp³-hybridized carbons (Fsp3) is 0.565. The summed E-state index contributed by atoms with van der Waals surface area (Å²) in [6, 6.07) is 7.45. The molecule has 1 fully saturated rings. The van der Waals surface area contributed by atoms with Crippen molar-refractivity contribution in [1.82, 2.24) is 9.80 Å². The molecular weight excluding hydrogens is 368 g/mol. The van der Waals surface area contributed by atoms with E-state index in [4.69, 9.17) is 9.47 Å². The van der Waals surface area contributed by atoms with Crippen molar-refractivity contribution in [2.45, 2.75) is 51.7 Å². The molecule has 0 spiro atoms. The molecule has 0 bridgehead atoms. The van der Waals surface area contributed by atoms with Crippen molar-refractivity contribution in [3.8, 4) is 5.75 Å². The van der Waals surface area contributed by atoms with Gasteiger partial charge in [0.1, 0.15) is 11.4 Å². The number of methoxy groups -OCH3 is 1. The van der Waals surface area contributed by atoms with Crippen molar-refractivity contribution in [3.63, 3.8) is 0 Å². The van der Waals surface area contributed by atoms with Crippen molar-refractivity contribution in [1.29, 1.82) is 0 Å². The third-order valence-corrected chi connectivity index (χ3v) is 5.40. The highest BCUT2D eigenvalue weighted by Gasteiger charge is 2.36. The summed E-state index contributed by atoms with van der Waals surface area (Å²) in [6.45, 7) is 6.91. The lowest BCUT2D eigenvalue weighted by Gasteiger charge is -2.42. The van der Waals surface area contributed by atoms with Crippen molar-refractivity contribution in [2.24, 2.45) is 5.92 Å². The zero-order valence-electron chi connectivity index (χ0n) is 17.9. The molecule has 2 atom stereocenters. The number of allylic oxidation sites excluding steroid dienone is 2. The average molecular weight is 401 g/mol. The summed E-state index contributed by atoms with van der Waals surface area (Å²) < 4.78 is 11.1. The first kappa shape index (κ1) is 21.2. The molecule has 6 heteroatoms. The molecule has 1 aromatic rings. The summed E-state index contributed by atoms with van der Waals surface area (Å²) in [7, 11) is 1.63. The van der Waals surface area contributed by atoms with Crippen LogP contribution < -0.4 is 4.74 Å². The monoisotopic (exact) mass is 400 g/mol. The number of para-hydroxylation sites is 1. The van der Waals surface area contributed by atoms with Crippen LogP contribution in [0.1, 0.15) is 51.6 Å². The summed E-state index contributed by atoms with van der Waals surface area (Å²) in [5.74, 6) is 1.16. The molecule has 3 rings (SSSR count). The molecule has 0 saturated carbocycles. The molecule has 2 amide bonds. The number of carbonyl (C=O) groups is 2. The zero-order valence-corrected chi connectivity index (χ0v) is 17.9. The molecule has 6 nitrogen and oxygen atoms in total. The maximum atomic E-state index is 13.2. The van der Waals surface area contributed by atoms with Gasteiger partial charge in [-0.15, -0.1) is 0 Å². The van der Waals surface area contributed by atoms with Gasteiger partial charge >= 0.3 is 6.09 Å². The van der Waals surface area contributed by atoms with Crippen LogP contribution in [0.25, 0.3) is 0 Å². The lowest BCUT2D eigenvalue weighted by atomic mass is 9.98. The number of hydrogen-bond acceptors (Lipinski definition) is 4. The quantitative estimate of drug-likeness (QED) is 0.712. The topological polar surface area (TPSA) is 59.1 Å². The molecule has 1 aliphatic carbocycles. The summed E-state index contributed by atoms with van der Waals surface area (Å²) >= 11 is 0. The zero-order chi connectivity index (χ0) is 21.0. The van der Waals surface area contributed by atoms with Gasteiger partial charge in [-0.1, -0.05) is 30.4 Å². The maximum absolute atomic E-state index is 13.2. The number of nitrogens with zero attached hydrogens (tertiary/aromatic N) is 2. The molecule has 0 N–H and O–H groups in total. The van der Waals surface area contributed by atoms with E-state index in [2.05, 4.69) is 12.2 Å². The fourth-order valence-electron chi connectivity index (χ4n) is 3.99. The second-order valence-electron chi connectivity index (χ2n) is 8.74. The van der Waals surface area contributed by atoms with Crippen molar-refractivity contribution >= 4 is 12.0 Å². The van der Waals surface area contributed by atoms with Crippen LogP contribution in [-0.2, 0) is 9.53 Å². The van der Waals surface area contributed by atoms with E-state index < -0.39 is 5.60 Å². The minimum absolute atomic E-state index is 0.126. The smallest absolute Gasteiger partial charge is 0.410 e. The Morgan fingerprint density at radius 2 is 1.93 bits per heavy atom. The van der Waals surface area contributed by atoms with Crippen LogP contribution in [0.3, 0.4) is 0 Å². The Morgan fingerprint density at radius 1 is 1.17 bits per heavy atom. The molecule has 29 heavy (non-hydrogen) atoms. The molecule has 1 heterocycles. The largest absolute Gasteiger partial charge is 0.496 e. The molecule has 1 aliphatic heterocycles. The second-order valence-corrected chi connectivity index (χ2v) is 8.74. The number of piperazine rings is 1. The van der Waals surface area contributed by atoms with Crippen LogP contribution in [0, 0.1) is 5.92 Å². The first-order chi connectivity index (χ1) is 13.8. The molecule has 0 radical (unpaired) electrons. The van der Waals surface area contributed by atoms with Gasteiger partial charge in [0, 0.05) is 31.6 Å². The highest BCUT2D eigenvalue weighted by Crippen LogP contribution is 2.34. The van der Waals surface area contributed by atoms with Crippen LogP contribution >= 0.6 is 0 Å². The Bertz CT molecular complexity index is 768. The van der Waals surface area contributed by atoms with Crippen molar-refractivity contribution in [3.05, 3.63) is 42.0 Å². The molecule has 0 aromatic heterocycles. The maximum Gasteiger partial charge on any atom is 0.410 e. The number of benzene rings is 1. The normalized spacial score (nSPS) is 21.9. The predicted octanol–water partition coefficient (Wildman–Crippen LogP) is 4.17. The van der Waals surface area contributed by atoms with Gasteiger partial charge in [-0.2, -0.15) is 0 Å². The molecule has 2 aliphatic rings. The number of carbonyl (C=O) groups excluding carboxylic acids is 2. The Morgan fingerprint density at radius 3 is 2.59 bits per heavy atom. The number of rotatable bonds is 4. The predicted molar refractivity (Wildman–Crippen MR) is 112 cm³/mol. The fourth-order valence-corrected chi connectivity index (χ4v) is 3.99. The summed E-state index contributed by atoms with van der Waals surface area (Å²) in [4.78, 5) is 29.4. The van der Waals surface area contributed by atoms with E-state index in [-0.39, 0.29) is 18.0 Å². The highest BCUT2D eigenvalue weighted by molar-refractivity contribution is 5.78. The summed E-state index contributed by atoms with van der Waals surface area (Å²) in [5, 5.41) is 0.